The molecule has 2 N–H and O–H groups in total. The number of nitrogens with zero attached hydrogens (tertiary/aromatic N) is 5. The number of nitrogens with one attached hydrogen (secondary N) is 1. The number of halogens is 2. The molecule has 0 atom stereocenters. The van der Waals surface area contributed by atoms with E-state index in [1.807, 2.05) is 60.7 Å². The quantitative estimate of drug-likeness (QED) is 0.297. The lowest BCUT2D eigenvalue weighted by molar-refractivity contribution is -0.129. The molecule has 0 bridgehead atoms. The topological polar surface area (TPSA) is 148 Å². The van der Waals surface area contributed by atoms with Crippen LogP contribution in [0.1, 0.15) is 23.2 Å². The first-order chi connectivity index (χ1) is 20.1. The van der Waals surface area contributed by atoms with Gasteiger partial charge in [-0.25, -0.2) is 23.1 Å². The van der Waals surface area contributed by atoms with Crippen LogP contribution in [0.4, 0.5) is 14.5 Å². The summed E-state index contributed by atoms with van der Waals surface area (Å²) < 4.78 is 54.3. The van der Waals surface area contributed by atoms with E-state index in [2.05, 4.69) is 20.2 Å². The van der Waals surface area contributed by atoms with Crippen molar-refractivity contribution in [2.45, 2.75) is 24.1 Å². The Bertz CT molecular complexity index is 1840. The molecule has 5 aromatic rings. The summed E-state index contributed by atoms with van der Waals surface area (Å²) in [6.45, 7) is 1.70. The van der Waals surface area contributed by atoms with E-state index in [1.54, 1.807) is 17.7 Å². The Morgan fingerprint density at radius 1 is 0.929 bits per heavy atom. The second-order valence-corrected chi connectivity index (χ2v) is 10.7. The average Bonchev–Trinajstić information content (AvgIpc) is 3.63. The van der Waals surface area contributed by atoms with E-state index < -0.39 is 44.1 Å². The normalized spacial score (nSPS) is 13.9. The molecule has 42 heavy (non-hydrogen) atoms. The largest absolute Gasteiger partial charge is 0.477 e. The van der Waals surface area contributed by atoms with Crippen molar-refractivity contribution in [2.24, 2.45) is 5.16 Å². The number of para-hydroxylation sites is 1. The Labute approximate surface area is 238 Å². The highest BCUT2D eigenvalue weighted by atomic mass is 32.2. The van der Waals surface area contributed by atoms with E-state index in [-0.39, 0.29) is 17.9 Å². The van der Waals surface area contributed by atoms with Crippen LogP contribution in [0.5, 0.6) is 0 Å². The molecule has 14 heteroatoms. The SMILES string of the molecule is Cc1ccn2nc(S(=O)(=O)Nc3c(F)cccc3F)nc2n1.O=C(O)C1=NOC(c2ccccc2)(c2ccccc2)C1. The van der Waals surface area contributed by atoms with Gasteiger partial charge in [-0.15, -0.1) is 5.10 Å². The highest BCUT2D eigenvalue weighted by Crippen LogP contribution is 2.41. The molecule has 0 aliphatic carbocycles. The average molecular weight is 593 g/mol. The number of hydrogen-bond acceptors (Lipinski definition) is 8. The third kappa shape index (κ3) is 5.65. The molecule has 3 aromatic carbocycles. The van der Waals surface area contributed by atoms with Gasteiger partial charge in [-0.1, -0.05) is 71.9 Å². The highest BCUT2D eigenvalue weighted by Gasteiger charge is 2.44. The predicted octanol–water partition coefficient (Wildman–Crippen LogP) is 4.30. The molecule has 0 fully saturated rings. The maximum absolute atomic E-state index is 13.5. The molecule has 0 spiro atoms. The summed E-state index contributed by atoms with van der Waals surface area (Å²) in [5.41, 5.74) is 0.813. The highest BCUT2D eigenvalue weighted by molar-refractivity contribution is 7.92. The van der Waals surface area contributed by atoms with Crippen LogP contribution in [-0.4, -0.2) is 44.8 Å². The molecular weight excluding hydrogens is 570 g/mol. The van der Waals surface area contributed by atoms with Gasteiger partial charge < -0.3 is 9.94 Å². The Hall–Kier alpha value is -5.24. The van der Waals surface area contributed by atoms with Crippen molar-refractivity contribution >= 4 is 33.2 Å². The van der Waals surface area contributed by atoms with Crippen molar-refractivity contribution in [3.63, 3.8) is 0 Å². The molecule has 1 aliphatic heterocycles. The van der Waals surface area contributed by atoms with Crippen LogP contribution in [0.15, 0.2) is 101 Å². The van der Waals surface area contributed by atoms with E-state index in [9.17, 15) is 22.0 Å². The molecule has 0 amide bonds. The van der Waals surface area contributed by atoms with Gasteiger partial charge in [0.2, 0.25) is 0 Å². The van der Waals surface area contributed by atoms with Crippen LogP contribution < -0.4 is 4.72 Å². The van der Waals surface area contributed by atoms with Crippen molar-refractivity contribution in [3.05, 3.63) is 120 Å². The fourth-order valence-corrected chi connectivity index (χ4v) is 5.13. The molecular formula is C28H22F2N6O5S. The van der Waals surface area contributed by atoms with Gasteiger partial charge in [-0.3, -0.25) is 4.72 Å². The molecule has 6 rings (SSSR count). The summed E-state index contributed by atoms with van der Waals surface area (Å²) in [5, 5.41) is 16.0. The number of fused-ring (bicyclic) bond motifs is 1. The monoisotopic (exact) mass is 592 g/mol. The lowest BCUT2D eigenvalue weighted by Crippen LogP contribution is -2.29. The summed E-state index contributed by atoms with van der Waals surface area (Å²) in [6.07, 6.45) is 1.70. The van der Waals surface area contributed by atoms with Crippen molar-refractivity contribution in [2.75, 3.05) is 4.72 Å². The minimum absolute atomic E-state index is 0.0395. The molecule has 214 valence electrons. The van der Waals surface area contributed by atoms with E-state index in [0.717, 1.165) is 33.8 Å². The summed E-state index contributed by atoms with van der Waals surface area (Å²) >= 11 is 0. The lowest BCUT2D eigenvalue weighted by Gasteiger charge is -2.27. The van der Waals surface area contributed by atoms with Gasteiger partial charge in [0.05, 0.1) is 6.42 Å². The number of oxime groups is 1. The zero-order chi connectivity index (χ0) is 29.9. The number of carbonyl (C=O) groups is 1. The smallest absolute Gasteiger partial charge is 0.353 e. The van der Waals surface area contributed by atoms with Crippen molar-refractivity contribution in [3.8, 4) is 0 Å². The molecule has 0 saturated heterocycles. The fraction of sp³-hybridized carbons (Fsp3) is 0.107. The molecule has 0 saturated carbocycles. The lowest BCUT2D eigenvalue weighted by atomic mass is 9.82. The minimum atomic E-state index is -4.35. The van der Waals surface area contributed by atoms with Crippen LogP contribution in [0.3, 0.4) is 0 Å². The number of aryl methyl sites for hydroxylation is 1. The fourth-order valence-electron chi connectivity index (χ4n) is 4.17. The van der Waals surface area contributed by atoms with Crippen molar-refractivity contribution in [1.29, 1.82) is 0 Å². The molecule has 0 unspecified atom stereocenters. The number of rotatable bonds is 6. The molecule has 0 radical (unpaired) electrons. The van der Waals surface area contributed by atoms with E-state index in [4.69, 9.17) is 9.94 Å². The Morgan fingerprint density at radius 3 is 2.07 bits per heavy atom. The zero-order valence-corrected chi connectivity index (χ0v) is 22.7. The molecule has 3 heterocycles. The summed E-state index contributed by atoms with van der Waals surface area (Å²) in [4.78, 5) is 24.5. The second-order valence-electron chi connectivity index (χ2n) is 9.08. The Balaban J connectivity index is 0.000000169. The number of anilines is 1. The number of aliphatic carboxylic acids is 1. The third-order valence-electron chi connectivity index (χ3n) is 6.22. The van der Waals surface area contributed by atoms with Gasteiger partial charge in [0.15, 0.2) is 11.3 Å². The van der Waals surface area contributed by atoms with Gasteiger partial charge in [-0.2, -0.15) is 13.4 Å². The molecule has 2 aromatic heterocycles. The number of aromatic nitrogens is 4. The van der Waals surface area contributed by atoms with Gasteiger partial charge in [0, 0.05) is 23.0 Å². The van der Waals surface area contributed by atoms with E-state index >= 15 is 0 Å². The second kappa shape index (κ2) is 11.3. The van der Waals surface area contributed by atoms with Crippen LogP contribution in [0.25, 0.3) is 5.78 Å². The number of carboxylic acid groups (broad SMARTS) is 1. The van der Waals surface area contributed by atoms with Gasteiger partial charge in [0.25, 0.3) is 21.0 Å². The van der Waals surface area contributed by atoms with Crippen LogP contribution in [-0.2, 0) is 25.3 Å². The maximum Gasteiger partial charge on any atom is 0.353 e. The van der Waals surface area contributed by atoms with Gasteiger partial charge in [0.1, 0.15) is 17.3 Å². The van der Waals surface area contributed by atoms with Crippen LogP contribution >= 0.6 is 0 Å². The Morgan fingerprint density at radius 2 is 1.52 bits per heavy atom. The van der Waals surface area contributed by atoms with Gasteiger partial charge >= 0.3 is 5.97 Å². The number of sulfonamides is 1. The van der Waals surface area contributed by atoms with E-state index in [0.29, 0.717) is 5.69 Å². The Kier molecular flexibility index (Phi) is 7.63. The number of carboxylic acids is 1. The van der Waals surface area contributed by atoms with E-state index in [1.165, 1.54) is 6.20 Å². The summed E-state index contributed by atoms with van der Waals surface area (Å²) in [6, 6.07) is 23.7. The summed E-state index contributed by atoms with van der Waals surface area (Å²) in [5.74, 6) is -3.06. The predicted molar refractivity (Wildman–Crippen MR) is 147 cm³/mol. The van der Waals surface area contributed by atoms with Crippen LogP contribution in [0, 0.1) is 18.6 Å². The number of hydrogen-bond donors (Lipinski definition) is 2. The first-order valence-corrected chi connectivity index (χ1v) is 13.8. The third-order valence-corrected chi connectivity index (χ3v) is 7.35. The van der Waals surface area contributed by atoms with Crippen LogP contribution in [0.2, 0.25) is 0 Å². The summed E-state index contributed by atoms with van der Waals surface area (Å²) in [7, 11) is -4.35. The standard InChI is InChI=1S/C16H13NO3.C12H9F2N5O2S/c18-15(19)14-11-16(20-17-14,12-7-3-1-4-8-12)13-9-5-2-6-10-13;1-7-5-6-19-11(15-7)16-12(17-19)22(20,21)18-10-8(13)3-2-4-9(10)14/h1-10H,11H2,(H,18,19);2-6,18H,1H3. The first kappa shape index (κ1) is 28.3. The molecule has 1 aliphatic rings. The minimum Gasteiger partial charge on any atom is -0.477 e. The van der Waals surface area contributed by atoms with Crippen molar-refractivity contribution < 1.29 is 31.9 Å². The van der Waals surface area contributed by atoms with Gasteiger partial charge in [-0.05, 0) is 25.1 Å². The molecule has 11 nitrogen and oxygen atoms in total. The zero-order valence-electron chi connectivity index (χ0n) is 21.8. The van der Waals surface area contributed by atoms with Crippen molar-refractivity contribution in [1.82, 2.24) is 19.6 Å². The maximum atomic E-state index is 13.5. The first-order valence-electron chi connectivity index (χ1n) is 12.4. The number of benzene rings is 3.